The molecule has 2 aromatic carbocycles. The summed E-state index contributed by atoms with van der Waals surface area (Å²) in [6.07, 6.45) is 0. The second-order valence-corrected chi connectivity index (χ2v) is 6.92. The van der Waals surface area contributed by atoms with Gasteiger partial charge < -0.3 is 14.5 Å². The molecule has 0 unspecified atom stereocenters. The number of nitrogens with zero attached hydrogens (tertiary/aromatic N) is 2. The molecule has 10 heteroatoms. The second-order valence-electron chi connectivity index (χ2n) is 6.48. The predicted molar refractivity (Wildman–Crippen MR) is 96.7 cm³/mol. The molecule has 1 fully saturated rings. The zero-order chi connectivity index (χ0) is 21.3. The van der Waals surface area contributed by atoms with Crippen LogP contribution >= 0.6 is 11.6 Å². The first kappa shape index (κ1) is 21.2. The zero-order valence-corrected chi connectivity index (χ0v) is 16.0. The van der Waals surface area contributed by atoms with E-state index < -0.39 is 34.8 Å². The first-order valence-corrected chi connectivity index (χ1v) is 9.01. The molecule has 1 saturated heterocycles. The van der Waals surface area contributed by atoms with Gasteiger partial charge in [-0.3, -0.25) is 4.79 Å². The van der Waals surface area contributed by atoms with Crippen LogP contribution in [-0.2, 0) is 4.79 Å². The summed E-state index contributed by atoms with van der Waals surface area (Å²) in [5, 5.41) is 0.533. The lowest BCUT2D eigenvalue weighted by Crippen LogP contribution is -2.50. The Hall–Kier alpha value is -2.55. The number of halogens is 6. The van der Waals surface area contributed by atoms with Gasteiger partial charge in [0.05, 0.1) is 0 Å². The van der Waals surface area contributed by atoms with Crippen LogP contribution in [0.3, 0.4) is 0 Å². The van der Waals surface area contributed by atoms with Crippen LogP contribution in [0.25, 0.3) is 0 Å². The number of hydrogen-bond acceptors (Lipinski definition) is 3. The molecule has 0 aromatic heterocycles. The van der Waals surface area contributed by atoms with E-state index in [0.717, 1.165) is 10.5 Å². The van der Waals surface area contributed by atoms with Crippen molar-refractivity contribution in [2.45, 2.75) is 6.92 Å². The maximum atomic E-state index is 13.9. The molecule has 4 nitrogen and oxygen atoms in total. The first-order chi connectivity index (χ1) is 13.7. The van der Waals surface area contributed by atoms with Crippen molar-refractivity contribution < 1.29 is 31.5 Å². The monoisotopic (exact) mass is 434 g/mol. The Morgan fingerprint density at radius 1 is 0.966 bits per heavy atom. The summed E-state index contributed by atoms with van der Waals surface area (Å²) in [6, 6.07) is 4.94. The molecule has 1 amide bonds. The van der Waals surface area contributed by atoms with Crippen LogP contribution < -0.4 is 9.64 Å². The number of anilines is 1. The van der Waals surface area contributed by atoms with Crippen molar-refractivity contribution in [3.8, 4) is 5.75 Å². The molecule has 0 atom stereocenters. The van der Waals surface area contributed by atoms with E-state index in [9.17, 15) is 26.7 Å². The summed E-state index contributed by atoms with van der Waals surface area (Å²) in [4.78, 5) is 14.7. The van der Waals surface area contributed by atoms with Crippen molar-refractivity contribution in [1.82, 2.24) is 4.90 Å². The third-order valence-corrected chi connectivity index (χ3v) is 4.86. The lowest BCUT2D eigenvalue weighted by Gasteiger charge is -2.36. The second kappa shape index (κ2) is 8.44. The Balaban J connectivity index is 1.63. The predicted octanol–water partition coefficient (Wildman–Crippen LogP) is 4.07. The Kier molecular flexibility index (Phi) is 6.16. The molecule has 0 radical (unpaired) electrons. The van der Waals surface area contributed by atoms with Gasteiger partial charge in [0.1, 0.15) is 11.4 Å². The van der Waals surface area contributed by atoms with E-state index in [2.05, 4.69) is 0 Å². The minimum atomic E-state index is -2.20. The van der Waals surface area contributed by atoms with Crippen LogP contribution in [-0.4, -0.2) is 43.6 Å². The number of rotatable bonds is 4. The van der Waals surface area contributed by atoms with Gasteiger partial charge in [0.2, 0.25) is 5.82 Å². The highest BCUT2D eigenvalue weighted by atomic mass is 35.5. The van der Waals surface area contributed by atoms with E-state index in [1.807, 2.05) is 0 Å². The first-order valence-electron chi connectivity index (χ1n) is 8.63. The fraction of sp³-hybridized carbons (Fsp3) is 0.316. The van der Waals surface area contributed by atoms with Crippen LogP contribution in [0.5, 0.6) is 5.75 Å². The van der Waals surface area contributed by atoms with Crippen LogP contribution in [0, 0.1) is 36.0 Å². The lowest BCUT2D eigenvalue weighted by atomic mass is 10.2. The van der Waals surface area contributed by atoms with Crippen molar-refractivity contribution in [2.75, 3.05) is 37.7 Å². The standard InChI is InChI=1S/C19H16ClF5N2O2/c1-10-8-11(20)2-3-12(10)29-9-13(28)26-4-6-27(7-5-26)19-17(24)15(22)14(21)16(23)18(19)25/h2-3,8H,4-7,9H2,1H3. The van der Waals surface area contributed by atoms with Crippen LogP contribution in [0.1, 0.15) is 5.56 Å². The van der Waals surface area contributed by atoms with E-state index in [-0.39, 0.29) is 38.7 Å². The zero-order valence-electron chi connectivity index (χ0n) is 15.2. The average Bonchev–Trinajstić information content (AvgIpc) is 2.70. The van der Waals surface area contributed by atoms with Crippen LogP contribution in [0.15, 0.2) is 18.2 Å². The van der Waals surface area contributed by atoms with Crippen molar-refractivity contribution in [3.05, 3.63) is 57.9 Å². The Morgan fingerprint density at radius 3 is 2.07 bits per heavy atom. The summed E-state index contributed by atoms with van der Waals surface area (Å²) >= 11 is 5.86. The summed E-state index contributed by atoms with van der Waals surface area (Å²) in [7, 11) is 0. The van der Waals surface area contributed by atoms with Crippen molar-refractivity contribution in [2.24, 2.45) is 0 Å². The van der Waals surface area contributed by atoms with Gasteiger partial charge in [-0.25, -0.2) is 22.0 Å². The van der Waals surface area contributed by atoms with Crippen molar-refractivity contribution in [3.63, 3.8) is 0 Å². The molecule has 3 rings (SSSR count). The van der Waals surface area contributed by atoms with Gasteiger partial charge in [-0.05, 0) is 30.7 Å². The van der Waals surface area contributed by atoms with Gasteiger partial charge in [0.15, 0.2) is 29.9 Å². The molecule has 0 bridgehead atoms. The number of benzene rings is 2. The van der Waals surface area contributed by atoms with Gasteiger partial charge in [-0.2, -0.15) is 0 Å². The smallest absolute Gasteiger partial charge is 0.260 e. The van der Waals surface area contributed by atoms with Crippen molar-refractivity contribution >= 4 is 23.2 Å². The number of amides is 1. The maximum Gasteiger partial charge on any atom is 0.260 e. The Bertz CT molecular complexity index is 920. The molecule has 0 aliphatic carbocycles. The SMILES string of the molecule is Cc1cc(Cl)ccc1OCC(=O)N1CCN(c2c(F)c(F)c(F)c(F)c2F)CC1. The molecule has 1 aliphatic heterocycles. The lowest BCUT2D eigenvalue weighted by molar-refractivity contribution is -0.133. The topological polar surface area (TPSA) is 32.8 Å². The number of aryl methyl sites for hydroxylation is 1. The summed E-state index contributed by atoms with van der Waals surface area (Å²) in [5.41, 5.74) is -0.233. The molecule has 0 saturated carbocycles. The van der Waals surface area contributed by atoms with Gasteiger partial charge in [-0.1, -0.05) is 11.6 Å². The third kappa shape index (κ3) is 4.24. The highest BCUT2D eigenvalue weighted by Crippen LogP contribution is 2.31. The maximum absolute atomic E-state index is 13.9. The van der Waals surface area contributed by atoms with E-state index in [4.69, 9.17) is 16.3 Å². The number of carbonyl (C=O) groups is 1. The quantitative estimate of drug-likeness (QED) is 0.413. The van der Waals surface area contributed by atoms with Crippen molar-refractivity contribution in [1.29, 1.82) is 0 Å². The molecule has 1 heterocycles. The fourth-order valence-electron chi connectivity index (χ4n) is 3.06. The molecular weight excluding hydrogens is 419 g/mol. The Morgan fingerprint density at radius 2 is 1.52 bits per heavy atom. The minimum absolute atomic E-state index is 0.0429. The van der Waals surface area contributed by atoms with Gasteiger partial charge in [-0.15, -0.1) is 0 Å². The van der Waals surface area contributed by atoms with Crippen LogP contribution in [0.2, 0.25) is 5.02 Å². The average molecular weight is 435 g/mol. The molecule has 156 valence electrons. The van der Waals surface area contributed by atoms with E-state index in [1.54, 1.807) is 25.1 Å². The number of piperazine rings is 1. The minimum Gasteiger partial charge on any atom is -0.483 e. The molecule has 29 heavy (non-hydrogen) atoms. The van der Waals surface area contributed by atoms with E-state index in [1.165, 1.54) is 4.90 Å². The summed E-state index contributed by atoms with van der Waals surface area (Å²) in [5.74, 6) is -9.84. The van der Waals surface area contributed by atoms with Crippen LogP contribution in [0.4, 0.5) is 27.6 Å². The summed E-state index contributed by atoms with van der Waals surface area (Å²) < 4.78 is 73.4. The largest absolute Gasteiger partial charge is 0.483 e. The molecule has 0 spiro atoms. The highest BCUT2D eigenvalue weighted by molar-refractivity contribution is 6.30. The van der Waals surface area contributed by atoms with Gasteiger partial charge in [0.25, 0.3) is 5.91 Å². The molecular formula is C19H16ClF5N2O2. The summed E-state index contributed by atoms with van der Waals surface area (Å²) in [6.45, 7) is 1.41. The third-order valence-electron chi connectivity index (χ3n) is 4.62. The number of hydrogen-bond donors (Lipinski definition) is 0. The molecule has 1 aliphatic rings. The molecule has 0 N–H and O–H groups in total. The highest BCUT2D eigenvalue weighted by Gasteiger charge is 2.31. The van der Waals surface area contributed by atoms with Gasteiger partial charge in [0, 0.05) is 31.2 Å². The number of ether oxygens (including phenoxy) is 1. The normalized spacial score (nSPS) is 14.3. The van der Waals surface area contributed by atoms with E-state index >= 15 is 0 Å². The van der Waals surface area contributed by atoms with E-state index in [0.29, 0.717) is 10.8 Å². The Labute approximate surface area is 168 Å². The fourth-order valence-corrected chi connectivity index (χ4v) is 3.28. The number of carbonyl (C=O) groups excluding carboxylic acids is 1. The molecule has 2 aromatic rings. The van der Waals surface area contributed by atoms with Gasteiger partial charge >= 0.3 is 0 Å².